The lowest BCUT2D eigenvalue weighted by molar-refractivity contribution is -0.139. The predicted molar refractivity (Wildman–Crippen MR) is 90.9 cm³/mol. The number of allylic oxidation sites excluding steroid dienone is 2. The molecular formula is C19H17FN2O4. The molecule has 1 heterocycles. The van der Waals surface area contributed by atoms with Crippen molar-refractivity contribution in [2.75, 3.05) is 13.7 Å². The van der Waals surface area contributed by atoms with Gasteiger partial charge in [-0.15, -0.1) is 6.42 Å². The minimum Gasteiger partial charge on any atom is -0.492 e. The first-order valence-corrected chi connectivity index (χ1v) is 7.69. The van der Waals surface area contributed by atoms with E-state index >= 15 is 0 Å². The molecule has 2 rings (SSSR count). The molecule has 0 bridgehead atoms. The molecule has 1 aliphatic rings. The summed E-state index contributed by atoms with van der Waals surface area (Å²) >= 11 is 0. The van der Waals surface area contributed by atoms with E-state index in [4.69, 9.17) is 26.4 Å². The van der Waals surface area contributed by atoms with Gasteiger partial charge in [0.05, 0.1) is 30.8 Å². The van der Waals surface area contributed by atoms with Crippen LogP contribution in [0.15, 0.2) is 34.9 Å². The first-order valence-electron chi connectivity index (χ1n) is 7.69. The second kappa shape index (κ2) is 7.62. The van der Waals surface area contributed by atoms with Gasteiger partial charge in [-0.1, -0.05) is 5.92 Å². The van der Waals surface area contributed by atoms with E-state index < -0.39 is 17.7 Å². The van der Waals surface area contributed by atoms with Crippen molar-refractivity contribution in [3.05, 3.63) is 51.9 Å². The molecular weight excluding hydrogens is 339 g/mol. The Kier molecular flexibility index (Phi) is 5.54. The van der Waals surface area contributed by atoms with Gasteiger partial charge in [-0.2, -0.15) is 5.26 Å². The molecule has 0 radical (unpaired) electrons. The molecule has 134 valence electrons. The van der Waals surface area contributed by atoms with E-state index in [2.05, 4.69) is 5.92 Å². The summed E-state index contributed by atoms with van der Waals surface area (Å²) < 4.78 is 29.8. The number of ether oxygens (including phenoxy) is 3. The number of hydrogen-bond donors (Lipinski definition) is 1. The van der Waals surface area contributed by atoms with Gasteiger partial charge >= 0.3 is 5.97 Å². The van der Waals surface area contributed by atoms with Crippen LogP contribution in [-0.2, 0) is 14.3 Å². The number of terminal acetylenes is 1. The third kappa shape index (κ3) is 3.20. The maximum absolute atomic E-state index is 14.4. The lowest BCUT2D eigenvalue weighted by Gasteiger charge is -2.27. The number of nitriles is 1. The minimum atomic E-state index is -0.972. The Labute approximate surface area is 150 Å². The number of nitrogens with two attached hydrogens (primary N) is 1. The van der Waals surface area contributed by atoms with Gasteiger partial charge < -0.3 is 19.9 Å². The zero-order valence-corrected chi connectivity index (χ0v) is 14.6. The summed E-state index contributed by atoms with van der Waals surface area (Å²) in [5.74, 6) is -0.142. The molecule has 1 aliphatic heterocycles. The summed E-state index contributed by atoms with van der Waals surface area (Å²) in [6, 6.07) is 4.53. The summed E-state index contributed by atoms with van der Waals surface area (Å²) in [6.07, 6.45) is 5.43. The summed E-state index contributed by atoms with van der Waals surface area (Å²) in [7, 11) is 1.29. The zero-order valence-electron chi connectivity index (χ0n) is 14.6. The van der Waals surface area contributed by atoms with Crippen LogP contribution in [0.2, 0.25) is 0 Å². The third-order valence-electron chi connectivity index (χ3n) is 3.86. The molecule has 1 aromatic carbocycles. The van der Waals surface area contributed by atoms with Crippen LogP contribution < -0.4 is 10.5 Å². The molecule has 0 amide bonds. The smallest absolute Gasteiger partial charge is 0.338 e. The molecule has 26 heavy (non-hydrogen) atoms. The maximum Gasteiger partial charge on any atom is 0.338 e. The van der Waals surface area contributed by atoms with Crippen molar-refractivity contribution in [2.24, 2.45) is 5.73 Å². The second-order valence-corrected chi connectivity index (χ2v) is 5.34. The Balaban J connectivity index is 2.74. The Morgan fingerprint density at radius 1 is 1.50 bits per heavy atom. The number of benzene rings is 1. The largest absolute Gasteiger partial charge is 0.492 e. The van der Waals surface area contributed by atoms with Crippen LogP contribution in [0.25, 0.3) is 0 Å². The molecule has 0 fully saturated rings. The van der Waals surface area contributed by atoms with E-state index in [1.165, 1.54) is 20.1 Å². The predicted octanol–water partition coefficient (Wildman–Crippen LogP) is 2.46. The molecule has 1 aromatic rings. The van der Waals surface area contributed by atoms with E-state index in [0.29, 0.717) is 0 Å². The molecule has 6 nitrogen and oxygen atoms in total. The van der Waals surface area contributed by atoms with E-state index in [9.17, 15) is 14.4 Å². The maximum atomic E-state index is 14.4. The summed E-state index contributed by atoms with van der Waals surface area (Å²) in [6.45, 7) is 3.28. The van der Waals surface area contributed by atoms with Crippen molar-refractivity contribution >= 4 is 5.97 Å². The Morgan fingerprint density at radius 2 is 2.19 bits per heavy atom. The van der Waals surface area contributed by atoms with Crippen LogP contribution in [-0.4, -0.2) is 19.7 Å². The highest BCUT2D eigenvalue weighted by molar-refractivity contribution is 5.92. The van der Waals surface area contributed by atoms with Gasteiger partial charge in [-0.25, -0.2) is 9.18 Å². The van der Waals surface area contributed by atoms with Gasteiger partial charge in [-0.3, -0.25) is 0 Å². The van der Waals surface area contributed by atoms with Crippen molar-refractivity contribution in [3.8, 4) is 24.2 Å². The van der Waals surface area contributed by atoms with Gasteiger partial charge in [0.15, 0.2) is 11.6 Å². The molecule has 1 atom stereocenters. The van der Waals surface area contributed by atoms with Gasteiger partial charge in [-0.05, 0) is 31.5 Å². The zero-order chi connectivity index (χ0) is 19.4. The number of esters is 1. The topological polar surface area (TPSA) is 94.6 Å². The first kappa shape index (κ1) is 18.9. The number of hydrogen-bond acceptors (Lipinski definition) is 6. The fourth-order valence-electron chi connectivity index (χ4n) is 2.78. The molecule has 1 unspecified atom stereocenters. The van der Waals surface area contributed by atoms with Crippen LogP contribution in [0.1, 0.15) is 30.9 Å². The SMILES string of the molecule is C#Cc1cc(C2C(C#N)=C(N)OC(C)=C2C(=O)OCC)cc(F)c1OC. The molecule has 0 aromatic heterocycles. The monoisotopic (exact) mass is 356 g/mol. The standard InChI is InChI=1S/C19H17FN2O4/c1-5-11-7-12(8-14(20)17(11)24-4)16-13(9-21)18(22)26-10(3)15(16)19(23)25-6-2/h1,7-8,16H,6,22H2,2-4H3. The Morgan fingerprint density at radius 3 is 2.73 bits per heavy atom. The number of carbonyl (C=O) groups excluding carboxylic acids is 1. The average Bonchev–Trinajstić information content (AvgIpc) is 2.60. The van der Waals surface area contributed by atoms with Crippen molar-refractivity contribution in [2.45, 2.75) is 19.8 Å². The van der Waals surface area contributed by atoms with E-state index in [0.717, 1.165) is 6.07 Å². The number of halogens is 1. The highest BCUT2D eigenvalue weighted by Gasteiger charge is 2.37. The normalized spacial score (nSPS) is 16.5. The van der Waals surface area contributed by atoms with Gasteiger partial charge in [0.1, 0.15) is 17.4 Å². The van der Waals surface area contributed by atoms with Crippen molar-refractivity contribution < 1.29 is 23.4 Å². The van der Waals surface area contributed by atoms with Crippen molar-refractivity contribution in [1.29, 1.82) is 5.26 Å². The average molecular weight is 356 g/mol. The number of rotatable bonds is 4. The molecule has 0 aliphatic carbocycles. The lowest BCUT2D eigenvalue weighted by Crippen LogP contribution is -2.25. The van der Waals surface area contributed by atoms with Crippen LogP contribution in [0.4, 0.5) is 4.39 Å². The number of carbonyl (C=O) groups is 1. The minimum absolute atomic E-state index is 0.0359. The van der Waals surface area contributed by atoms with Gasteiger partial charge in [0, 0.05) is 0 Å². The second-order valence-electron chi connectivity index (χ2n) is 5.34. The Hall–Kier alpha value is -3.45. The van der Waals surface area contributed by atoms with Crippen LogP contribution >= 0.6 is 0 Å². The van der Waals surface area contributed by atoms with Crippen molar-refractivity contribution in [3.63, 3.8) is 0 Å². The molecule has 0 saturated carbocycles. The molecule has 0 saturated heterocycles. The fraction of sp³-hybridized carbons (Fsp3) is 0.263. The Bertz CT molecular complexity index is 903. The van der Waals surface area contributed by atoms with Crippen LogP contribution in [0.3, 0.4) is 0 Å². The summed E-state index contributed by atoms with van der Waals surface area (Å²) in [5, 5.41) is 9.50. The molecule has 0 spiro atoms. The highest BCUT2D eigenvalue weighted by Crippen LogP contribution is 2.41. The molecule has 7 heteroatoms. The third-order valence-corrected chi connectivity index (χ3v) is 3.86. The first-order chi connectivity index (χ1) is 12.4. The van der Waals surface area contributed by atoms with Crippen LogP contribution in [0, 0.1) is 29.5 Å². The van der Waals surface area contributed by atoms with Gasteiger partial charge in [0.25, 0.3) is 0 Å². The van der Waals surface area contributed by atoms with Crippen molar-refractivity contribution in [1.82, 2.24) is 0 Å². The number of methoxy groups -OCH3 is 1. The fourth-order valence-corrected chi connectivity index (χ4v) is 2.78. The van der Waals surface area contributed by atoms with E-state index in [1.54, 1.807) is 6.92 Å². The summed E-state index contributed by atoms with van der Waals surface area (Å²) in [5.41, 5.74) is 6.23. The highest BCUT2D eigenvalue weighted by atomic mass is 19.1. The van der Waals surface area contributed by atoms with Crippen LogP contribution in [0.5, 0.6) is 5.75 Å². The number of nitrogens with zero attached hydrogens (tertiary/aromatic N) is 1. The quantitative estimate of drug-likeness (QED) is 0.658. The van der Waals surface area contributed by atoms with Gasteiger partial charge in [0.2, 0.25) is 5.88 Å². The summed E-state index contributed by atoms with van der Waals surface area (Å²) in [4.78, 5) is 12.4. The lowest BCUT2D eigenvalue weighted by atomic mass is 9.82. The van der Waals surface area contributed by atoms with E-state index in [1.807, 2.05) is 6.07 Å². The van der Waals surface area contributed by atoms with E-state index in [-0.39, 0.29) is 46.3 Å². The molecule has 2 N–H and O–H groups in total.